The highest BCUT2D eigenvalue weighted by Crippen LogP contribution is 2.94. The minimum absolute atomic E-state index is 0.0469. The molecule has 2 nitrogen and oxygen atoms in total. The molecule has 0 unspecified atom stereocenters. The first-order valence-corrected chi connectivity index (χ1v) is 8.77. The molecule has 0 aromatic rings. The quantitative estimate of drug-likeness (QED) is 0.547. The summed E-state index contributed by atoms with van der Waals surface area (Å²) in [5.74, 6) is 6.29. The standard InChI is InChI=1S/C14H19BrO2S/c1-6-8-10-11(3)9(7-2)14(15)12(10,4)13(14,5)18(11,16)17/h9-10H,7H2,1-5H3/t9-,10-,11+,12+,13-,14-/m0/s1. The maximum Gasteiger partial charge on any atom is 0.164 e. The molecule has 0 aromatic heterocycles. The van der Waals surface area contributed by atoms with Crippen LogP contribution in [0.3, 0.4) is 0 Å². The Morgan fingerprint density at radius 1 is 1.28 bits per heavy atom. The van der Waals surface area contributed by atoms with E-state index in [1.807, 2.05) is 13.8 Å². The third-order valence-electron chi connectivity index (χ3n) is 6.51. The van der Waals surface area contributed by atoms with Crippen LogP contribution in [0, 0.1) is 29.1 Å². The van der Waals surface area contributed by atoms with Crippen molar-refractivity contribution in [3.8, 4) is 11.8 Å². The van der Waals surface area contributed by atoms with E-state index in [4.69, 9.17) is 0 Å². The van der Waals surface area contributed by atoms with Crippen molar-refractivity contribution < 1.29 is 8.42 Å². The fraction of sp³-hybridized carbons (Fsp3) is 0.857. The SMILES string of the molecule is CC#C[C@@H]1[C@@]2(C)[C@@]3(Br)[C@@H](CC)[C@@]1(C)S(=O)(=O)[C@@]23C. The monoisotopic (exact) mass is 330 g/mol. The van der Waals surface area contributed by atoms with E-state index < -0.39 is 19.3 Å². The molecule has 0 aromatic carbocycles. The lowest BCUT2D eigenvalue weighted by Gasteiger charge is -2.28. The van der Waals surface area contributed by atoms with Gasteiger partial charge in [-0.1, -0.05) is 42.1 Å². The van der Waals surface area contributed by atoms with Crippen LogP contribution in [-0.4, -0.2) is 22.2 Å². The fourth-order valence-corrected chi connectivity index (χ4v) is 12.0. The van der Waals surface area contributed by atoms with Gasteiger partial charge >= 0.3 is 0 Å². The van der Waals surface area contributed by atoms with Gasteiger partial charge in [-0.2, -0.15) is 0 Å². The minimum Gasteiger partial charge on any atom is -0.228 e. The van der Waals surface area contributed by atoms with E-state index in [9.17, 15) is 8.42 Å². The minimum atomic E-state index is -3.15. The molecule has 2 saturated heterocycles. The molecule has 0 spiro atoms. The molecule has 0 radical (unpaired) electrons. The van der Waals surface area contributed by atoms with Gasteiger partial charge < -0.3 is 0 Å². The number of halogens is 1. The molecular formula is C14H19BrO2S. The molecule has 4 rings (SSSR count). The number of alkyl halides is 1. The first-order chi connectivity index (χ1) is 8.14. The van der Waals surface area contributed by atoms with Crippen molar-refractivity contribution >= 4 is 25.8 Å². The first-order valence-electron chi connectivity index (χ1n) is 6.49. The van der Waals surface area contributed by atoms with E-state index in [-0.39, 0.29) is 21.6 Å². The zero-order chi connectivity index (χ0) is 13.8. The molecule has 2 heterocycles. The zero-order valence-electron chi connectivity index (χ0n) is 11.5. The number of sulfone groups is 1. The van der Waals surface area contributed by atoms with Crippen LogP contribution in [0.15, 0.2) is 0 Å². The van der Waals surface area contributed by atoms with Crippen molar-refractivity contribution in [2.24, 2.45) is 17.3 Å². The van der Waals surface area contributed by atoms with Crippen LogP contribution in [0.2, 0.25) is 0 Å². The maximum atomic E-state index is 13.0. The van der Waals surface area contributed by atoms with Crippen LogP contribution < -0.4 is 0 Å². The van der Waals surface area contributed by atoms with Gasteiger partial charge in [-0.3, -0.25) is 0 Å². The Labute approximate surface area is 118 Å². The van der Waals surface area contributed by atoms with Crippen LogP contribution in [0.4, 0.5) is 0 Å². The largest absolute Gasteiger partial charge is 0.228 e. The van der Waals surface area contributed by atoms with Crippen molar-refractivity contribution in [1.29, 1.82) is 0 Å². The second kappa shape index (κ2) is 2.86. The van der Waals surface area contributed by atoms with Gasteiger partial charge in [-0.15, -0.1) is 5.92 Å². The molecular weight excluding hydrogens is 312 g/mol. The van der Waals surface area contributed by atoms with E-state index in [2.05, 4.69) is 41.6 Å². The summed E-state index contributed by atoms with van der Waals surface area (Å²) in [4.78, 5) is 0. The zero-order valence-corrected chi connectivity index (χ0v) is 13.9. The van der Waals surface area contributed by atoms with Crippen molar-refractivity contribution in [2.45, 2.75) is 54.9 Å². The Balaban J connectivity index is 2.40. The van der Waals surface area contributed by atoms with Gasteiger partial charge in [0.2, 0.25) is 0 Å². The lowest BCUT2D eigenvalue weighted by Crippen LogP contribution is -2.39. The molecule has 2 aliphatic heterocycles. The Bertz CT molecular complexity index is 615. The average Bonchev–Trinajstić information content (AvgIpc) is 2.51. The van der Waals surface area contributed by atoms with Crippen molar-refractivity contribution in [1.82, 2.24) is 0 Å². The Morgan fingerprint density at radius 3 is 2.17 bits per heavy atom. The van der Waals surface area contributed by atoms with Gasteiger partial charge in [0.15, 0.2) is 9.84 Å². The van der Waals surface area contributed by atoms with Gasteiger partial charge in [0, 0.05) is 11.3 Å². The third-order valence-corrected chi connectivity index (χ3v) is 12.4. The van der Waals surface area contributed by atoms with Crippen molar-refractivity contribution in [3.05, 3.63) is 0 Å². The predicted molar refractivity (Wildman–Crippen MR) is 76.2 cm³/mol. The normalized spacial score (nSPS) is 62.3. The molecule has 0 amide bonds. The Kier molecular flexibility index (Phi) is 2.06. The van der Waals surface area contributed by atoms with E-state index >= 15 is 0 Å². The maximum absolute atomic E-state index is 13.0. The molecule has 100 valence electrons. The van der Waals surface area contributed by atoms with E-state index in [1.54, 1.807) is 6.92 Å². The van der Waals surface area contributed by atoms with Crippen molar-refractivity contribution in [3.63, 3.8) is 0 Å². The summed E-state index contributed by atoms with van der Waals surface area (Å²) in [6.07, 6.45) is 0.883. The summed E-state index contributed by atoms with van der Waals surface area (Å²) in [6.45, 7) is 9.84. The molecule has 4 aliphatic rings. The average molecular weight is 331 g/mol. The third kappa shape index (κ3) is 0.693. The fourth-order valence-electron chi connectivity index (χ4n) is 5.61. The summed E-state index contributed by atoms with van der Waals surface area (Å²) in [7, 11) is -3.15. The van der Waals surface area contributed by atoms with Crippen LogP contribution >= 0.6 is 15.9 Å². The van der Waals surface area contributed by atoms with E-state index in [1.165, 1.54) is 0 Å². The summed E-state index contributed by atoms with van der Waals surface area (Å²) in [6, 6.07) is 0. The van der Waals surface area contributed by atoms with Gasteiger partial charge in [0.25, 0.3) is 0 Å². The second-order valence-corrected chi connectivity index (χ2v) is 10.4. The van der Waals surface area contributed by atoms with Gasteiger partial charge in [0.05, 0.1) is 13.8 Å². The predicted octanol–water partition coefficient (Wildman–Crippen LogP) is 2.77. The van der Waals surface area contributed by atoms with Gasteiger partial charge in [-0.25, -0.2) is 8.42 Å². The lowest BCUT2D eigenvalue weighted by molar-refractivity contribution is 0.353. The molecule has 18 heavy (non-hydrogen) atoms. The second-order valence-electron chi connectivity index (χ2n) is 6.42. The van der Waals surface area contributed by atoms with Gasteiger partial charge in [-0.05, 0) is 26.7 Å². The van der Waals surface area contributed by atoms with Crippen LogP contribution in [-0.2, 0) is 9.84 Å². The first kappa shape index (κ1) is 13.0. The number of rotatable bonds is 1. The highest BCUT2D eigenvalue weighted by Gasteiger charge is 3.05. The summed E-state index contributed by atoms with van der Waals surface area (Å²) >= 11 is 3.84. The highest BCUT2D eigenvalue weighted by molar-refractivity contribution is 9.10. The summed E-state index contributed by atoms with van der Waals surface area (Å²) < 4.78 is 24.4. The van der Waals surface area contributed by atoms with Gasteiger partial charge in [0.1, 0.15) is 0 Å². The van der Waals surface area contributed by atoms with E-state index in [0.29, 0.717) is 0 Å². The molecule has 0 N–H and O–H groups in total. The molecule has 2 aliphatic carbocycles. The van der Waals surface area contributed by atoms with Crippen LogP contribution in [0.1, 0.15) is 41.0 Å². The van der Waals surface area contributed by atoms with Crippen LogP contribution in [0.5, 0.6) is 0 Å². The van der Waals surface area contributed by atoms with Crippen molar-refractivity contribution in [2.75, 3.05) is 0 Å². The molecule has 2 saturated carbocycles. The summed E-state index contributed by atoms with van der Waals surface area (Å²) in [5.41, 5.74) is -0.239. The number of hydrogen-bond donors (Lipinski definition) is 0. The van der Waals surface area contributed by atoms with Crippen LogP contribution in [0.25, 0.3) is 0 Å². The Hall–Kier alpha value is -0.0100. The molecule has 4 bridgehead atoms. The smallest absolute Gasteiger partial charge is 0.164 e. The lowest BCUT2D eigenvalue weighted by atomic mass is 9.79. The molecule has 4 heteroatoms. The Morgan fingerprint density at radius 2 is 1.83 bits per heavy atom. The molecule has 6 atom stereocenters. The van der Waals surface area contributed by atoms with E-state index in [0.717, 1.165) is 6.42 Å². The molecule has 4 fully saturated rings. The summed E-state index contributed by atoms with van der Waals surface area (Å²) in [5, 5.41) is 0. The topological polar surface area (TPSA) is 34.1 Å². The number of hydrogen-bond acceptors (Lipinski definition) is 2. The highest BCUT2D eigenvalue weighted by atomic mass is 79.9.